The lowest BCUT2D eigenvalue weighted by Gasteiger charge is -2.05. The van der Waals surface area contributed by atoms with Gasteiger partial charge in [0, 0.05) is 17.7 Å². The predicted molar refractivity (Wildman–Crippen MR) is 83.2 cm³/mol. The molecule has 0 aromatic heterocycles. The molecule has 1 aromatic rings. The number of ether oxygens (including phenoxy) is 1. The zero-order chi connectivity index (χ0) is 17.4. The van der Waals surface area contributed by atoms with Gasteiger partial charge in [-0.25, -0.2) is 0 Å². The molecule has 6 heteroatoms. The van der Waals surface area contributed by atoms with Crippen molar-refractivity contribution in [3.63, 3.8) is 0 Å². The highest BCUT2D eigenvalue weighted by Crippen LogP contribution is 2.08. The fourth-order valence-electron chi connectivity index (χ4n) is 1.76. The van der Waals surface area contributed by atoms with Gasteiger partial charge in [0.2, 0.25) is 5.78 Å². The van der Waals surface area contributed by atoms with Crippen molar-refractivity contribution in [2.45, 2.75) is 26.7 Å². The van der Waals surface area contributed by atoms with Crippen molar-refractivity contribution in [3.8, 4) is 6.07 Å². The highest BCUT2D eigenvalue weighted by atomic mass is 16.5. The Labute approximate surface area is 134 Å². The smallest absolute Gasteiger partial charge is 0.306 e. The van der Waals surface area contributed by atoms with Crippen molar-refractivity contribution in [1.82, 2.24) is 0 Å². The molecule has 0 heterocycles. The number of allylic oxidation sites excluding steroid dienone is 1. The van der Waals surface area contributed by atoms with E-state index in [1.807, 2.05) is 19.1 Å². The summed E-state index contributed by atoms with van der Waals surface area (Å²) in [4.78, 5) is 35.1. The van der Waals surface area contributed by atoms with Crippen LogP contribution in [0.3, 0.4) is 0 Å². The number of rotatable bonds is 7. The summed E-state index contributed by atoms with van der Waals surface area (Å²) >= 11 is 0. The second kappa shape index (κ2) is 8.49. The van der Waals surface area contributed by atoms with Gasteiger partial charge in [-0.2, -0.15) is 5.26 Å². The third kappa shape index (κ3) is 5.75. The van der Waals surface area contributed by atoms with Gasteiger partial charge in [-0.1, -0.05) is 29.8 Å². The van der Waals surface area contributed by atoms with Gasteiger partial charge in [-0.3, -0.25) is 14.4 Å². The van der Waals surface area contributed by atoms with Gasteiger partial charge in [-0.15, -0.1) is 0 Å². The van der Waals surface area contributed by atoms with Crippen LogP contribution in [0.2, 0.25) is 0 Å². The summed E-state index contributed by atoms with van der Waals surface area (Å²) in [5.41, 5.74) is 6.78. The molecule has 2 N–H and O–H groups in total. The van der Waals surface area contributed by atoms with Gasteiger partial charge in [0.05, 0.1) is 6.42 Å². The molecule has 0 unspecified atom stereocenters. The molecule has 1 rings (SSSR count). The minimum Gasteiger partial charge on any atom is -0.457 e. The molecule has 6 nitrogen and oxygen atoms in total. The quantitative estimate of drug-likeness (QED) is 0.356. The number of nitrogens with zero attached hydrogens (tertiary/aromatic N) is 1. The molecule has 0 saturated heterocycles. The second-order valence-corrected chi connectivity index (χ2v) is 5.04. The summed E-state index contributed by atoms with van der Waals surface area (Å²) in [6, 6.07) is 8.68. The Kier molecular flexibility index (Phi) is 6.68. The Hall–Kier alpha value is -2.94. The second-order valence-electron chi connectivity index (χ2n) is 5.04. The van der Waals surface area contributed by atoms with Crippen LogP contribution in [-0.2, 0) is 14.3 Å². The van der Waals surface area contributed by atoms with Gasteiger partial charge >= 0.3 is 5.97 Å². The van der Waals surface area contributed by atoms with Crippen molar-refractivity contribution in [3.05, 3.63) is 46.7 Å². The first-order chi connectivity index (χ1) is 10.8. The number of hydrogen-bond donors (Lipinski definition) is 1. The lowest BCUT2D eigenvalue weighted by Crippen LogP contribution is -2.18. The molecule has 0 radical (unpaired) electrons. The Balaban J connectivity index is 2.45. The first kappa shape index (κ1) is 18.1. The molecule has 0 saturated carbocycles. The van der Waals surface area contributed by atoms with Gasteiger partial charge in [0.15, 0.2) is 12.4 Å². The minimum absolute atomic E-state index is 0.00700. The predicted octanol–water partition coefficient (Wildman–Crippen LogP) is 1.83. The zero-order valence-electron chi connectivity index (χ0n) is 13.1. The topological polar surface area (TPSA) is 110 Å². The number of hydrogen-bond acceptors (Lipinski definition) is 6. The van der Waals surface area contributed by atoms with E-state index in [1.54, 1.807) is 18.2 Å². The summed E-state index contributed by atoms with van der Waals surface area (Å²) < 4.78 is 4.76. The van der Waals surface area contributed by atoms with Crippen LogP contribution in [0, 0.1) is 18.3 Å². The van der Waals surface area contributed by atoms with Crippen LogP contribution >= 0.6 is 0 Å². The minimum atomic E-state index is -0.675. The molecule has 120 valence electrons. The number of benzene rings is 1. The number of ketones is 2. The number of Topliss-reactive ketones (excluding diaryl/α,β-unsaturated/α-hetero) is 2. The maximum atomic E-state index is 11.9. The van der Waals surface area contributed by atoms with Crippen LogP contribution in [0.25, 0.3) is 0 Å². The molecule has 0 atom stereocenters. The molecular formula is C17H18N2O4. The lowest BCUT2D eigenvalue weighted by molar-refractivity contribution is -0.147. The van der Waals surface area contributed by atoms with Crippen LogP contribution in [0.15, 0.2) is 35.5 Å². The number of nitriles is 1. The molecule has 0 aliphatic heterocycles. The molecule has 0 aliphatic carbocycles. The average molecular weight is 314 g/mol. The van der Waals surface area contributed by atoms with E-state index >= 15 is 0 Å². The van der Waals surface area contributed by atoms with Crippen molar-refractivity contribution in [2.75, 3.05) is 6.61 Å². The van der Waals surface area contributed by atoms with E-state index in [0.29, 0.717) is 5.56 Å². The largest absolute Gasteiger partial charge is 0.457 e. The molecule has 0 bridgehead atoms. The van der Waals surface area contributed by atoms with E-state index in [1.165, 1.54) is 6.92 Å². The van der Waals surface area contributed by atoms with E-state index < -0.39 is 18.4 Å². The number of aryl methyl sites for hydroxylation is 1. The molecule has 0 fully saturated rings. The van der Waals surface area contributed by atoms with Crippen LogP contribution in [-0.4, -0.2) is 24.1 Å². The summed E-state index contributed by atoms with van der Waals surface area (Å²) in [7, 11) is 0. The first-order valence-corrected chi connectivity index (χ1v) is 7.00. The number of carbonyl (C=O) groups excluding carboxylic acids is 3. The third-order valence-electron chi connectivity index (χ3n) is 3.08. The van der Waals surface area contributed by atoms with Crippen LogP contribution in [0.1, 0.15) is 35.7 Å². The molecule has 23 heavy (non-hydrogen) atoms. The molecular weight excluding hydrogens is 296 g/mol. The van der Waals surface area contributed by atoms with Gasteiger partial charge < -0.3 is 10.5 Å². The monoisotopic (exact) mass is 314 g/mol. The molecule has 0 spiro atoms. The summed E-state index contributed by atoms with van der Waals surface area (Å²) in [5.74, 6) is -1.51. The van der Waals surface area contributed by atoms with Gasteiger partial charge in [0.25, 0.3) is 0 Å². The normalized spacial score (nSPS) is 11.2. The Morgan fingerprint density at radius 2 is 1.78 bits per heavy atom. The standard InChI is InChI=1S/C17H18N2O4/c1-11-3-5-13(6-4-11)15(20)7-8-17(22)23-10-16(21)14(9-18)12(2)19/h3-6H,7-8,10,19H2,1-2H3/b14-12+. The van der Waals surface area contributed by atoms with E-state index in [0.717, 1.165) is 5.56 Å². The summed E-state index contributed by atoms with van der Waals surface area (Å²) in [6.45, 7) is 2.77. The van der Waals surface area contributed by atoms with Crippen LogP contribution in [0.4, 0.5) is 0 Å². The maximum Gasteiger partial charge on any atom is 0.306 e. The number of nitrogens with two attached hydrogens (primary N) is 1. The summed E-state index contributed by atoms with van der Waals surface area (Å²) in [6.07, 6.45) is -0.139. The van der Waals surface area contributed by atoms with Crippen LogP contribution < -0.4 is 5.73 Å². The van der Waals surface area contributed by atoms with Crippen molar-refractivity contribution in [2.24, 2.45) is 5.73 Å². The van der Waals surface area contributed by atoms with E-state index in [-0.39, 0.29) is 29.9 Å². The highest BCUT2D eigenvalue weighted by Gasteiger charge is 2.15. The van der Waals surface area contributed by atoms with E-state index in [2.05, 4.69) is 0 Å². The Morgan fingerprint density at radius 1 is 1.17 bits per heavy atom. The first-order valence-electron chi connectivity index (χ1n) is 7.00. The third-order valence-corrected chi connectivity index (χ3v) is 3.08. The van der Waals surface area contributed by atoms with Gasteiger partial charge in [-0.05, 0) is 13.8 Å². The Bertz CT molecular complexity index is 678. The number of esters is 1. The van der Waals surface area contributed by atoms with Crippen LogP contribution in [0.5, 0.6) is 0 Å². The SMILES string of the molecule is C/C(N)=C(/C#N)C(=O)COC(=O)CCC(=O)c1ccc(C)cc1. The fourth-order valence-corrected chi connectivity index (χ4v) is 1.76. The fraction of sp³-hybridized carbons (Fsp3) is 0.294. The molecule has 0 amide bonds. The van der Waals surface area contributed by atoms with Crippen molar-refractivity contribution in [1.29, 1.82) is 5.26 Å². The maximum absolute atomic E-state index is 11.9. The van der Waals surface area contributed by atoms with Gasteiger partial charge in [0.1, 0.15) is 11.6 Å². The highest BCUT2D eigenvalue weighted by molar-refractivity contribution is 6.01. The molecule has 0 aliphatic rings. The average Bonchev–Trinajstić information content (AvgIpc) is 2.51. The molecule has 1 aromatic carbocycles. The zero-order valence-corrected chi connectivity index (χ0v) is 13.1. The lowest BCUT2D eigenvalue weighted by atomic mass is 10.1. The summed E-state index contributed by atoms with van der Waals surface area (Å²) in [5, 5.41) is 8.76. The number of carbonyl (C=O) groups is 3. The van der Waals surface area contributed by atoms with Crippen molar-refractivity contribution < 1.29 is 19.1 Å². The van der Waals surface area contributed by atoms with Crippen molar-refractivity contribution >= 4 is 17.5 Å². The Morgan fingerprint density at radius 3 is 2.30 bits per heavy atom. The van der Waals surface area contributed by atoms with E-state index in [9.17, 15) is 14.4 Å². The van der Waals surface area contributed by atoms with E-state index in [4.69, 9.17) is 15.7 Å².